The van der Waals surface area contributed by atoms with Crippen LogP contribution in [0, 0.1) is 12.8 Å². The maximum atomic E-state index is 11.1. The lowest BCUT2D eigenvalue weighted by Crippen LogP contribution is -2.29. The number of carboxylic acid groups (broad SMARTS) is 1. The van der Waals surface area contributed by atoms with Crippen LogP contribution in [-0.4, -0.2) is 40.5 Å². The molecule has 0 unspecified atom stereocenters. The van der Waals surface area contributed by atoms with Gasteiger partial charge in [-0.3, -0.25) is 4.79 Å². The molecule has 0 saturated heterocycles. The Labute approximate surface area is 123 Å². The largest absolute Gasteiger partial charge is 0.485 e. The Balaban J connectivity index is 2.06. The number of rotatable bonds is 6. The number of aliphatic hydroxyl groups is 1. The van der Waals surface area contributed by atoms with Crippen LogP contribution in [0.4, 0.5) is 0 Å². The van der Waals surface area contributed by atoms with Crippen LogP contribution in [-0.2, 0) is 4.79 Å². The average Bonchev–Trinajstić information content (AvgIpc) is 2.47. The zero-order valence-corrected chi connectivity index (χ0v) is 12.1. The number of aromatic nitrogens is 1. The van der Waals surface area contributed by atoms with Crippen molar-refractivity contribution in [3.05, 3.63) is 17.8 Å². The molecule has 2 rings (SSSR count). The van der Waals surface area contributed by atoms with Crippen LogP contribution < -0.4 is 9.47 Å². The van der Waals surface area contributed by atoms with Crippen molar-refractivity contribution in [1.29, 1.82) is 0 Å². The highest BCUT2D eigenvalue weighted by Gasteiger charge is 2.28. The van der Waals surface area contributed by atoms with Crippen LogP contribution in [0.2, 0.25) is 0 Å². The van der Waals surface area contributed by atoms with E-state index >= 15 is 0 Å². The van der Waals surface area contributed by atoms with Crippen molar-refractivity contribution in [2.45, 2.75) is 38.7 Å². The summed E-state index contributed by atoms with van der Waals surface area (Å²) < 4.78 is 11.3. The molecule has 0 aromatic carbocycles. The van der Waals surface area contributed by atoms with Gasteiger partial charge in [-0.25, -0.2) is 4.98 Å². The molecule has 1 saturated carbocycles. The number of aliphatic hydroxyl groups excluding tert-OH is 1. The lowest BCUT2D eigenvalue weighted by atomic mass is 9.87. The summed E-state index contributed by atoms with van der Waals surface area (Å²) in [5, 5.41) is 18.0. The van der Waals surface area contributed by atoms with Crippen molar-refractivity contribution >= 4 is 5.97 Å². The highest BCUT2D eigenvalue weighted by Crippen LogP contribution is 2.32. The summed E-state index contributed by atoms with van der Waals surface area (Å²) in [7, 11) is 0. The standard InChI is InChI=1S/C15H21NO5/c1-10-5-6-13(14(16-10)20-8-7-17)21-12-4-2-3-11(9-12)15(18)19/h5-6,11-12,17H,2-4,7-9H2,1H3,(H,18,19)/t11-,12-/m0/s1. The highest BCUT2D eigenvalue weighted by molar-refractivity contribution is 5.70. The zero-order valence-electron chi connectivity index (χ0n) is 12.1. The van der Waals surface area contributed by atoms with Gasteiger partial charge in [-0.1, -0.05) is 0 Å². The third kappa shape index (κ3) is 4.32. The first-order chi connectivity index (χ1) is 10.1. The van der Waals surface area contributed by atoms with Crippen LogP contribution in [0.3, 0.4) is 0 Å². The molecule has 0 bridgehead atoms. The van der Waals surface area contributed by atoms with E-state index in [4.69, 9.17) is 19.7 Å². The van der Waals surface area contributed by atoms with Crippen LogP contribution >= 0.6 is 0 Å². The van der Waals surface area contributed by atoms with Gasteiger partial charge in [0.2, 0.25) is 0 Å². The van der Waals surface area contributed by atoms with E-state index in [-0.39, 0.29) is 25.2 Å². The average molecular weight is 295 g/mol. The molecule has 1 fully saturated rings. The number of hydrogen-bond donors (Lipinski definition) is 2. The minimum absolute atomic E-state index is 0.0976. The number of carbonyl (C=O) groups is 1. The first-order valence-corrected chi connectivity index (χ1v) is 7.21. The van der Waals surface area contributed by atoms with E-state index in [9.17, 15) is 4.79 Å². The molecule has 1 aliphatic rings. The Hall–Kier alpha value is -1.82. The molecule has 0 amide bonds. The van der Waals surface area contributed by atoms with Crippen molar-refractivity contribution in [3.8, 4) is 11.6 Å². The summed E-state index contributed by atoms with van der Waals surface area (Å²) in [5.41, 5.74) is 0.794. The maximum absolute atomic E-state index is 11.1. The SMILES string of the molecule is Cc1ccc(O[C@H]2CCC[C@H](C(=O)O)C2)c(OCCO)n1. The van der Waals surface area contributed by atoms with E-state index in [1.54, 1.807) is 6.07 Å². The molecular formula is C15H21NO5. The Morgan fingerprint density at radius 3 is 2.95 bits per heavy atom. The third-order valence-corrected chi connectivity index (χ3v) is 3.56. The Morgan fingerprint density at radius 2 is 2.24 bits per heavy atom. The normalized spacial score (nSPS) is 21.8. The van der Waals surface area contributed by atoms with Gasteiger partial charge >= 0.3 is 5.97 Å². The van der Waals surface area contributed by atoms with Gasteiger partial charge in [0.25, 0.3) is 5.88 Å². The lowest BCUT2D eigenvalue weighted by molar-refractivity contribution is -0.143. The number of aliphatic carboxylic acids is 1. The molecule has 1 aromatic heterocycles. The monoisotopic (exact) mass is 295 g/mol. The highest BCUT2D eigenvalue weighted by atomic mass is 16.5. The number of carboxylic acids is 1. The number of nitrogens with zero attached hydrogens (tertiary/aromatic N) is 1. The Bertz CT molecular complexity index is 491. The summed E-state index contributed by atoms with van der Waals surface area (Å²) in [5.74, 6) is -0.252. The van der Waals surface area contributed by atoms with E-state index in [0.29, 0.717) is 24.5 Å². The summed E-state index contributed by atoms with van der Waals surface area (Å²) in [4.78, 5) is 15.3. The molecule has 2 N–H and O–H groups in total. The van der Waals surface area contributed by atoms with Crippen LogP contribution in [0.15, 0.2) is 12.1 Å². The van der Waals surface area contributed by atoms with Crippen LogP contribution in [0.25, 0.3) is 0 Å². The molecule has 1 aromatic rings. The summed E-state index contributed by atoms with van der Waals surface area (Å²) in [6.45, 7) is 1.89. The van der Waals surface area contributed by atoms with Crippen LogP contribution in [0.1, 0.15) is 31.4 Å². The molecular weight excluding hydrogens is 274 g/mol. The van der Waals surface area contributed by atoms with Gasteiger partial charge in [0.05, 0.1) is 18.6 Å². The fourth-order valence-corrected chi connectivity index (χ4v) is 2.51. The fraction of sp³-hybridized carbons (Fsp3) is 0.600. The zero-order chi connectivity index (χ0) is 15.2. The minimum Gasteiger partial charge on any atom is -0.485 e. The molecule has 1 heterocycles. The summed E-state index contributed by atoms with van der Waals surface area (Å²) >= 11 is 0. The van der Waals surface area contributed by atoms with Crippen molar-refractivity contribution in [2.75, 3.05) is 13.2 Å². The van der Waals surface area contributed by atoms with Gasteiger partial charge in [0.15, 0.2) is 5.75 Å². The van der Waals surface area contributed by atoms with Gasteiger partial charge < -0.3 is 19.7 Å². The van der Waals surface area contributed by atoms with Gasteiger partial charge in [-0.15, -0.1) is 0 Å². The maximum Gasteiger partial charge on any atom is 0.306 e. The fourth-order valence-electron chi connectivity index (χ4n) is 2.51. The third-order valence-electron chi connectivity index (χ3n) is 3.56. The second-order valence-electron chi connectivity index (χ2n) is 5.27. The van der Waals surface area contributed by atoms with E-state index in [0.717, 1.165) is 18.5 Å². The second kappa shape index (κ2) is 7.26. The van der Waals surface area contributed by atoms with Gasteiger partial charge in [-0.05, 0) is 44.7 Å². The molecule has 6 nitrogen and oxygen atoms in total. The molecule has 116 valence electrons. The Morgan fingerprint density at radius 1 is 1.43 bits per heavy atom. The van der Waals surface area contributed by atoms with Gasteiger partial charge in [-0.2, -0.15) is 0 Å². The molecule has 21 heavy (non-hydrogen) atoms. The topological polar surface area (TPSA) is 88.9 Å². The van der Waals surface area contributed by atoms with Crippen molar-refractivity contribution in [2.24, 2.45) is 5.92 Å². The quantitative estimate of drug-likeness (QED) is 0.831. The van der Waals surface area contributed by atoms with E-state index < -0.39 is 5.97 Å². The number of ether oxygens (including phenoxy) is 2. The van der Waals surface area contributed by atoms with E-state index in [2.05, 4.69) is 4.98 Å². The molecule has 2 atom stereocenters. The minimum atomic E-state index is -0.762. The number of aryl methyl sites for hydroxylation is 1. The van der Waals surface area contributed by atoms with E-state index in [1.807, 2.05) is 13.0 Å². The first-order valence-electron chi connectivity index (χ1n) is 7.21. The number of hydrogen-bond acceptors (Lipinski definition) is 5. The molecule has 6 heteroatoms. The molecule has 0 spiro atoms. The smallest absolute Gasteiger partial charge is 0.306 e. The van der Waals surface area contributed by atoms with Gasteiger partial charge in [0, 0.05) is 5.69 Å². The molecule has 0 radical (unpaired) electrons. The summed E-state index contributed by atoms with van der Waals surface area (Å²) in [6.07, 6.45) is 2.74. The van der Waals surface area contributed by atoms with E-state index in [1.165, 1.54) is 0 Å². The lowest BCUT2D eigenvalue weighted by Gasteiger charge is -2.27. The Kier molecular flexibility index (Phi) is 5.38. The van der Waals surface area contributed by atoms with Crippen molar-refractivity contribution < 1.29 is 24.5 Å². The molecule has 0 aliphatic heterocycles. The van der Waals surface area contributed by atoms with Crippen molar-refractivity contribution in [1.82, 2.24) is 4.98 Å². The van der Waals surface area contributed by atoms with Crippen molar-refractivity contribution in [3.63, 3.8) is 0 Å². The summed E-state index contributed by atoms with van der Waals surface area (Å²) in [6, 6.07) is 3.60. The molecule has 1 aliphatic carbocycles. The second-order valence-corrected chi connectivity index (χ2v) is 5.27. The number of pyridine rings is 1. The van der Waals surface area contributed by atoms with Gasteiger partial charge in [0.1, 0.15) is 6.61 Å². The van der Waals surface area contributed by atoms with Crippen LogP contribution in [0.5, 0.6) is 11.6 Å². The first kappa shape index (κ1) is 15.6. The predicted molar refractivity (Wildman–Crippen MR) is 75.6 cm³/mol. The predicted octanol–water partition coefficient (Wildman–Crippen LogP) is 1.78.